The van der Waals surface area contributed by atoms with Crippen molar-refractivity contribution in [2.45, 2.75) is 71.2 Å². The van der Waals surface area contributed by atoms with Crippen molar-refractivity contribution in [2.75, 3.05) is 6.61 Å². The predicted molar refractivity (Wildman–Crippen MR) is 108 cm³/mol. The maximum atomic E-state index is 9.21. The van der Waals surface area contributed by atoms with E-state index in [4.69, 9.17) is 9.41 Å². The third-order valence-corrected chi connectivity index (χ3v) is 10.2. The summed E-state index contributed by atoms with van der Waals surface area (Å²) in [5, 5.41) is 9.21. The molecule has 1 aromatic heterocycles. The Bertz CT molecular complexity index is 538. The average molecular weight is 414 g/mol. The van der Waals surface area contributed by atoms with Crippen molar-refractivity contribution in [3.63, 3.8) is 0 Å². The van der Waals surface area contributed by atoms with Gasteiger partial charge in [-0.1, -0.05) is 38.5 Å². The summed E-state index contributed by atoms with van der Waals surface area (Å²) in [7, 11) is -1.76. The van der Waals surface area contributed by atoms with Crippen LogP contribution in [0, 0.1) is 0 Å². The van der Waals surface area contributed by atoms with Crippen molar-refractivity contribution in [1.82, 2.24) is 4.98 Å². The van der Waals surface area contributed by atoms with E-state index in [2.05, 4.69) is 55.8 Å². The molecule has 0 spiro atoms. The number of hydrogen-bond donors (Lipinski definition) is 1. The van der Waals surface area contributed by atoms with Gasteiger partial charge in [0.05, 0.1) is 17.9 Å². The van der Waals surface area contributed by atoms with Crippen LogP contribution in [0.1, 0.15) is 53.2 Å². The Morgan fingerprint density at radius 1 is 1.29 bits per heavy atom. The van der Waals surface area contributed by atoms with Crippen LogP contribution in [0.2, 0.25) is 18.1 Å². The summed E-state index contributed by atoms with van der Waals surface area (Å²) in [4.78, 5) is 4.69. The van der Waals surface area contributed by atoms with Crippen molar-refractivity contribution in [2.24, 2.45) is 0 Å². The second kappa shape index (κ2) is 9.85. The number of hydrogen-bond acceptors (Lipinski definition) is 3. The Kier molecular flexibility index (Phi) is 8.85. The normalized spacial score (nSPS) is 15.4. The molecule has 0 bridgehead atoms. The van der Waals surface area contributed by atoms with Gasteiger partial charge in [-0.2, -0.15) is 0 Å². The first-order valence-electron chi connectivity index (χ1n) is 8.94. The molecule has 1 aromatic rings. The van der Waals surface area contributed by atoms with Crippen LogP contribution >= 0.6 is 15.9 Å². The zero-order chi connectivity index (χ0) is 18.2. The van der Waals surface area contributed by atoms with Crippen LogP contribution in [0.25, 0.3) is 0 Å². The Hall–Kier alpha value is -0.493. The van der Waals surface area contributed by atoms with E-state index >= 15 is 0 Å². The van der Waals surface area contributed by atoms with Gasteiger partial charge in [0.25, 0.3) is 0 Å². The van der Waals surface area contributed by atoms with Crippen LogP contribution in [0.4, 0.5) is 0 Å². The third-order valence-electron chi connectivity index (χ3n) is 5.00. The van der Waals surface area contributed by atoms with Gasteiger partial charge in [0.2, 0.25) is 0 Å². The molecule has 1 atom stereocenters. The quantitative estimate of drug-likeness (QED) is 0.299. The second-order valence-corrected chi connectivity index (χ2v) is 12.2. The molecule has 0 amide bonds. The number of pyridine rings is 1. The van der Waals surface area contributed by atoms with E-state index in [9.17, 15) is 5.11 Å². The SMILES string of the molecule is CC[Si](CC)(CC)O[C@](C)(CC/C=C(/C)CO)c1cccc(Br)n1. The second-order valence-electron chi connectivity index (χ2n) is 6.67. The van der Waals surface area contributed by atoms with Gasteiger partial charge in [0, 0.05) is 0 Å². The molecule has 0 aliphatic rings. The van der Waals surface area contributed by atoms with Gasteiger partial charge >= 0.3 is 0 Å². The molecule has 0 aromatic carbocycles. The summed E-state index contributed by atoms with van der Waals surface area (Å²) in [6.45, 7) is 11.0. The summed E-state index contributed by atoms with van der Waals surface area (Å²) in [5.41, 5.74) is 1.59. The standard InChI is InChI=1S/C19H32BrNO2Si/c1-6-24(7-2,8-3)23-19(5,14-10-11-16(4)15-22)17-12-9-13-18(20)21-17/h9,11-13,22H,6-8,10,14-15H2,1-5H3/b16-11-/t19-/m1/s1. The highest BCUT2D eigenvalue weighted by Crippen LogP contribution is 2.37. The van der Waals surface area contributed by atoms with E-state index in [0.717, 1.165) is 46.8 Å². The first-order chi connectivity index (χ1) is 11.3. The molecule has 0 saturated carbocycles. The van der Waals surface area contributed by atoms with Gasteiger partial charge in [-0.3, -0.25) is 0 Å². The summed E-state index contributed by atoms with van der Waals surface area (Å²) in [5.74, 6) is 0. The molecule has 1 heterocycles. The monoisotopic (exact) mass is 413 g/mol. The minimum absolute atomic E-state index is 0.115. The van der Waals surface area contributed by atoms with Crippen LogP contribution in [0.15, 0.2) is 34.5 Å². The molecule has 0 saturated heterocycles. The number of allylic oxidation sites excluding steroid dienone is 1. The fourth-order valence-corrected chi connectivity index (χ4v) is 6.48. The lowest BCUT2D eigenvalue weighted by Crippen LogP contribution is -2.44. The van der Waals surface area contributed by atoms with Crippen molar-refractivity contribution in [1.29, 1.82) is 0 Å². The highest BCUT2D eigenvalue weighted by molar-refractivity contribution is 9.10. The summed E-state index contributed by atoms with van der Waals surface area (Å²) in [6.07, 6.45) is 3.84. The van der Waals surface area contributed by atoms with Gasteiger partial charge in [-0.15, -0.1) is 0 Å². The molecule has 0 radical (unpaired) electrons. The first kappa shape index (κ1) is 21.5. The molecule has 0 aliphatic heterocycles. The fraction of sp³-hybridized carbons (Fsp3) is 0.632. The smallest absolute Gasteiger partial charge is 0.193 e. The Balaban J connectivity index is 3.15. The van der Waals surface area contributed by atoms with E-state index in [-0.39, 0.29) is 6.61 Å². The number of aliphatic hydroxyl groups is 1. The minimum Gasteiger partial charge on any atom is -0.406 e. The lowest BCUT2D eigenvalue weighted by Gasteiger charge is -2.40. The Morgan fingerprint density at radius 3 is 2.42 bits per heavy atom. The topological polar surface area (TPSA) is 42.4 Å². The maximum absolute atomic E-state index is 9.21. The lowest BCUT2D eigenvalue weighted by atomic mass is 9.95. The van der Waals surface area contributed by atoms with Crippen LogP contribution in [0.3, 0.4) is 0 Å². The predicted octanol–water partition coefficient (Wildman–Crippen LogP) is 5.80. The number of aromatic nitrogens is 1. The molecule has 1 rings (SSSR count). The van der Waals surface area contributed by atoms with E-state index in [1.807, 2.05) is 19.1 Å². The zero-order valence-electron chi connectivity index (χ0n) is 15.7. The summed E-state index contributed by atoms with van der Waals surface area (Å²) < 4.78 is 7.73. The number of rotatable bonds is 10. The number of nitrogens with zero attached hydrogens (tertiary/aromatic N) is 1. The summed E-state index contributed by atoms with van der Waals surface area (Å²) in [6, 6.07) is 9.40. The molecule has 3 nitrogen and oxygen atoms in total. The minimum atomic E-state index is -1.76. The molecule has 5 heteroatoms. The first-order valence-corrected chi connectivity index (χ1v) is 12.3. The van der Waals surface area contributed by atoms with Crippen LogP contribution in [-0.4, -0.2) is 25.0 Å². The highest BCUT2D eigenvalue weighted by atomic mass is 79.9. The fourth-order valence-electron chi connectivity index (χ4n) is 3.04. The average Bonchev–Trinajstić information content (AvgIpc) is 2.59. The molecule has 0 fully saturated rings. The summed E-state index contributed by atoms with van der Waals surface area (Å²) >= 11 is 3.49. The van der Waals surface area contributed by atoms with E-state index in [0.29, 0.717) is 0 Å². The van der Waals surface area contributed by atoms with Crippen LogP contribution < -0.4 is 0 Å². The largest absolute Gasteiger partial charge is 0.406 e. The molecule has 0 unspecified atom stereocenters. The molecule has 24 heavy (non-hydrogen) atoms. The molecule has 1 N–H and O–H groups in total. The number of halogens is 1. The Labute approximate surface area is 156 Å². The van der Waals surface area contributed by atoms with Crippen LogP contribution in [0.5, 0.6) is 0 Å². The molecule has 136 valence electrons. The van der Waals surface area contributed by atoms with Gasteiger partial charge in [-0.25, -0.2) is 4.98 Å². The maximum Gasteiger partial charge on any atom is 0.193 e. The van der Waals surface area contributed by atoms with Crippen molar-refractivity contribution in [3.8, 4) is 0 Å². The van der Waals surface area contributed by atoms with E-state index in [1.54, 1.807) is 0 Å². The van der Waals surface area contributed by atoms with Gasteiger partial charge in [-0.05, 0) is 72.9 Å². The highest BCUT2D eigenvalue weighted by Gasteiger charge is 2.39. The zero-order valence-corrected chi connectivity index (χ0v) is 18.3. The van der Waals surface area contributed by atoms with Crippen molar-refractivity contribution in [3.05, 3.63) is 40.1 Å². The van der Waals surface area contributed by atoms with Gasteiger partial charge in [0.15, 0.2) is 8.32 Å². The van der Waals surface area contributed by atoms with Gasteiger partial charge in [0.1, 0.15) is 4.60 Å². The van der Waals surface area contributed by atoms with E-state index in [1.165, 1.54) is 0 Å². The Morgan fingerprint density at radius 2 is 1.92 bits per heavy atom. The molecule has 0 aliphatic carbocycles. The van der Waals surface area contributed by atoms with Crippen LogP contribution in [-0.2, 0) is 10.0 Å². The van der Waals surface area contributed by atoms with Gasteiger partial charge < -0.3 is 9.53 Å². The molecular weight excluding hydrogens is 382 g/mol. The number of aliphatic hydroxyl groups excluding tert-OH is 1. The molecular formula is C19H32BrNO2Si. The van der Waals surface area contributed by atoms with E-state index < -0.39 is 13.9 Å². The third kappa shape index (κ3) is 5.79. The lowest BCUT2D eigenvalue weighted by molar-refractivity contribution is 0.0597. The van der Waals surface area contributed by atoms with Crippen molar-refractivity contribution < 1.29 is 9.53 Å². The van der Waals surface area contributed by atoms with Crippen molar-refractivity contribution >= 4 is 24.2 Å².